The number of halogens is 3. The van der Waals surface area contributed by atoms with Gasteiger partial charge in [-0.05, 0) is 30.9 Å². The molecular formula is C19H21F3N4O. The predicted molar refractivity (Wildman–Crippen MR) is 93.3 cm³/mol. The summed E-state index contributed by atoms with van der Waals surface area (Å²) in [5.41, 5.74) is 2.35. The van der Waals surface area contributed by atoms with E-state index >= 15 is 0 Å². The molecule has 144 valence electrons. The van der Waals surface area contributed by atoms with Crippen molar-refractivity contribution >= 4 is 6.03 Å². The number of hydrogen-bond donors (Lipinski definition) is 1. The Bertz CT molecular complexity index is 818. The standard InChI is InChI=1S/C19H21F3N4O/c1-13-3-5-14(6-4-13)18-9-15(18)11-25(12-18)17(27)23-10-16(19(20,21)22)26-8-2-7-24-26/h2-8,15-16H,9-12H2,1H3,(H,23,27)/t15-,16?,18+/m0/s1. The Morgan fingerprint density at radius 1 is 1.37 bits per heavy atom. The lowest BCUT2D eigenvalue weighted by Crippen LogP contribution is -2.45. The highest BCUT2D eigenvalue weighted by molar-refractivity contribution is 5.75. The number of fused-ring (bicyclic) bond motifs is 1. The number of nitrogens with zero attached hydrogens (tertiary/aromatic N) is 3. The summed E-state index contributed by atoms with van der Waals surface area (Å²) in [4.78, 5) is 14.1. The fourth-order valence-corrected chi connectivity index (χ4v) is 4.09. The third kappa shape index (κ3) is 3.28. The van der Waals surface area contributed by atoms with Gasteiger partial charge in [0, 0.05) is 30.9 Å². The van der Waals surface area contributed by atoms with E-state index in [0.717, 1.165) is 11.1 Å². The summed E-state index contributed by atoms with van der Waals surface area (Å²) in [7, 11) is 0. The summed E-state index contributed by atoms with van der Waals surface area (Å²) in [6.45, 7) is 2.61. The second-order valence-corrected chi connectivity index (χ2v) is 7.53. The molecule has 2 heterocycles. The minimum atomic E-state index is -4.49. The largest absolute Gasteiger partial charge is 0.412 e. The quantitative estimate of drug-likeness (QED) is 0.888. The molecule has 5 nitrogen and oxygen atoms in total. The second-order valence-electron chi connectivity index (χ2n) is 7.53. The molecule has 2 aromatic rings. The molecule has 1 aromatic carbocycles. The van der Waals surface area contributed by atoms with Gasteiger partial charge in [-0.3, -0.25) is 4.68 Å². The van der Waals surface area contributed by atoms with Crippen molar-refractivity contribution in [1.82, 2.24) is 20.0 Å². The molecule has 1 aromatic heterocycles. The number of carbonyl (C=O) groups is 1. The van der Waals surface area contributed by atoms with Gasteiger partial charge in [0.05, 0.1) is 6.54 Å². The van der Waals surface area contributed by atoms with Gasteiger partial charge >= 0.3 is 12.2 Å². The van der Waals surface area contributed by atoms with Gasteiger partial charge in [-0.2, -0.15) is 18.3 Å². The molecule has 27 heavy (non-hydrogen) atoms. The highest BCUT2D eigenvalue weighted by Crippen LogP contribution is 2.58. The summed E-state index contributed by atoms with van der Waals surface area (Å²) < 4.78 is 40.6. The molecule has 0 bridgehead atoms. The topological polar surface area (TPSA) is 50.2 Å². The Morgan fingerprint density at radius 2 is 2.11 bits per heavy atom. The van der Waals surface area contributed by atoms with Crippen molar-refractivity contribution in [2.45, 2.75) is 31.0 Å². The van der Waals surface area contributed by atoms with Crippen molar-refractivity contribution in [3.05, 3.63) is 53.9 Å². The SMILES string of the molecule is Cc1ccc([C@]23C[C@H]2CN(C(=O)NCC(n2cccn2)C(F)(F)F)C3)cc1. The third-order valence-corrected chi connectivity index (χ3v) is 5.73. The molecule has 2 aliphatic rings. The number of urea groups is 1. The monoisotopic (exact) mass is 378 g/mol. The van der Waals surface area contributed by atoms with E-state index in [-0.39, 0.29) is 5.41 Å². The number of rotatable bonds is 4. The lowest BCUT2D eigenvalue weighted by molar-refractivity contribution is -0.168. The molecule has 1 aliphatic carbocycles. The van der Waals surface area contributed by atoms with Crippen LogP contribution in [-0.2, 0) is 5.41 Å². The van der Waals surface area contributed by atoms with Crippen molar-refractivity contribution in [3.63, 3.8) is 0 Å². The molecule has 0 radical (unpaired) electrons. The van der Waals surface area contributed by atoms with E-state index in [1.165, 1.54) is 29.6 Å². The van der Waals surface area contributed by atoms with Gasteiger partial charge in [0.1, 0.15) is 0 Å². The third-order valence-electron chi connectivity index (χ3n) is 5.73. The van der Waals surface area contributed by atoms with Crippen molar-refractivity contribution in [3.8, 4) is 0 Å². The van der Waals surface area contributed by atoms with Crippen LogP contribution >= 0.6 is 0 Å². The van der Waals surface area contributed by atoms with E-state index in [9.17, 15) is 18.0 Å². The first kappa shape index (κ1) is 17.9. The van der Waals surface area contributed by atoms with Gasteiger partial charge in [-0.1, -0.05) is 29.8 Å². The smallest absolute Gasteiger partial charge is 0.335 e. The zero-order valence-corrected chi connectivity index (χ0v) is 14.9. The molecule has 1 aliphatic heterocycles. The van der Waals surface area contributed by atoms with Crippen LogP contribution in [0.3, 0.4) is 0 Å². The number of carbonyl (C=O) groups excluding carboxylic acids is 1. The van der Waals surface area contributed by atoms with Crippen LogP contribution in [0.2, 0.25) is 0 Å². The van der Waals surface area contributed by atoms with Crippen LogP contribution in [0.15, 0.2) is 42.7 Å². The van der Waals surface area contributed by atoms with Crippen LogP contribution in [0.25, 0.3) is 0 Å². The fourth-order valence-electron chi connectivity index (χ4n) is 4.09. The average Bonchev–Trinajstić information content (AvgIpc) is 2.99. The van der Waals surface area contributed by atoms with Crippen molar-refractivity contribution in [1.29, 1.82) is 0 Å². The Hall–Kier alpha value is -2.51. The van der Waals surface area contributed by atoms with E-state index < -0.39 is 24.8 Å². The lowest BCUT2D eigenvalue weighted by Gasteiger charge is -2.25. The van der Waals surface area contributed by atoms with Crippen LogP contribution in [-0.4, -0.2) is 46.5 Å². The number of alkyl halides is 3. The zero-order chi connectivity index (χ0) is 19.2. The van der Waals surface area contributed by atoms with Gasteiger partial charge in [-0.15, -0.1) is 0 Å². The normalized spacial score (nSPS) is 25.2. The van der Waals surface area contributed by atoms with E-state index in [0.29, 0.717) is 19.0 Å². The number of amides is 2. The maximum Gasteiger partial charge on any atom is 0.412 e. The van der Waals surface area contributed by atoms with E-state index in [4.69, 9.17) is 0 Å². The van der Waals surface area contributed by atoms with Crippen molar-refractivity contribution in [2.75, 3.05) is 19.6 Å². The van der Waals surface area contributed by atoms with Crippen LogP contribution in [0.5, 0.6) is 0 Å². The molecule has 2 amide bonds. The van der Waals surface area contributed by atoms with Crippen LogP contribution in [0, 0.1) is 12.8 Å². The van der Waals surface area contributed by atoms with E-state index in [1.54, 1.807) is 4.90 Å². The van der Waals surface area contributed by atoms with Crippen molar-refractivity contribution in [2.24, 2.45) is 5.92 Å². The number of aromatic nitrogens is 2. The molecule has 1 unspecified atom stereocenters. The number of aryl methyl sites for hydroxylation is 1. The molecule has 8 heteroatoms. The van der Waals surface area contributed by atoms with Gasteiger partial charge in [0.15, 0.2) is 6.04 Å². The van der Waals surface area contributed by atoms with Gasteiger partial charge in [-0.25, -0.2) is 4.79 Å². The summed E-state index contributed by atoms with van der Waals surface area (Å²) >= 11 is 0. The van der Waals surface area contributed by atoms with Gasteiger partial charge in [0.2, 0.25) is 0 Å². The maximum absolute atomic E-state index is 13.3. The molecular weight excluding hydrogens is 357 g/mol. The predicted octanol–water partition coefficient (Wildman–Crippen LogP) is 3.28. The molecule has 2 fully saturated rings. The highest BCUT2D eigenvalue weighted by Gasteiger charge is 2.61. The number of hydrogen-bond acceptors (Lipinski definition) is 2. The summed E-state index contributed by atoms with van der Waals surface area (Å²) in [5, 5.41) is 6.11. The maximum atomic E-state index is 13.3. The summed E-state index contributed by atoms with van der Waals surface area (Å²) in [6.07, 6.45) is -0.921. The molecule has 0 spiro atoms. The highest BCUT2D eigenvalue weighted by atomic mass is 19.4. The van der Waals surface area contributed by atoms with E-state index in [2.05, 4.69) is 34.7 Å². The zero-order valence-electron chi connectivity index (χ0n) is 14.9. The molecule has 3 atom stereocenters. The Morgan fingerprint density at radius 3 is 2.74 bits per heavy atom. The van der Waals surface area contributed by atoms with Gasteiger partial charge < -0.3 is 10.2 Å². The molecule has 1 saturated carbocycles. The molecule has 1 N–H and O–H groups in total. The number of benzene rings is 1. The van der Waals surface area contributed by atoms with Crippen LogP contribution in [0.1, 0.15) is 23.6 Å². The first-order valence-corrected chi connectivity index (χ1v) is 8.95. The van der Waals surface area contributed by atoms with Gasteiger partial charge in [0.25, 0.3) is 0 Å². The van der Waals surface area contributed by atoms with Crippen LogP contribution in [0.4, 0.5) is 18.0 Å². The van der Waals surface area contributed by atoms with Crippen LogP contribution < -0.4 is 5.32 Å². The fraction of sp³-hybridized carbons (Fsp3) is 0.474. The lowest BCUT2D eigenvalue weighted by atomic mass is 9.94. The Kier molecular flexibility index (Phi) is 4.16. The average molecular weight is 378 g/mol. The summed E-state index contributed by atoms with van der Waals surface area (Å²) in [5.74, 6) is 0.385. The minimum absolute atomic E-state index is 0.0313. The summed E-state index contributed by atoms with van der Waals surface area (Å²) in [6, 6.07) is 7.40. The van der Waals surface area contributed by atoms with Crippen molar-refractivity contribution < 1.29 is 18.0 Å². The molecule has 4 rings (SSSR count). The Balaban J connectivity index is 1.39. The minimum Gasteiger partial charge on any atom is -0.335 e. The number of nitrogens with one attached hydrogen (secondary N) is 1. The molecule has 1 saturated heterocycles. The number of piperidine rings is 1. The first-order valence-electron chi connectivity index (χ1n) is 8.95. The second kappa shape index (κ2) is 6.28. The Labute approximate surface area is 155 Å². The first-order chi connectivity index (χ1) is 12.8. The van der Waals surface area contributed by atoms with E-state index in [1.807, 2.05) is 6.92 Å². The number of likely N-dealkylation sites (tertiary alicyclic amines) is 1.